The molecule has 0 spiro atoms. The molecule has 1 saturated heterocycles. The zero-order chi connectivity index (χ0) is 12.8. The maximum atomic E-state index is 8.92. The van der Waals surface area contributed by atoms with E-state index in [1.807, 2.05) is 12.1 Å². The quantitative estimate of drug-likeness (QED) is 0.882. The van der Waals surface area contributed by atoms with E-state index in [0.717, 1.165) is 24.4 Å². The Morgan fingerprint density at radius 1 is 1.33 bits per heavy atom. The fourth-order valence-corrected chi connectivity index (χ4v) is 2.24. The standard InChI is InChI=1S/C14H19N3O/c1-18-14-6-5-12(10-15)9-13(14)11-16-17-7-3-2-4-8-17/h5-6,9,16H,2-4,7-8,11H2,1H3. The van der Waals surface area contributed by atoms with E-state index in [9.17, 15) is 0 Å². The van der Waals surface area contributed by atoms with Crippen molar-refractivity contribution in [2.75, 3.05) is 20.2 Å². The van der Waals surface area contributed by atoms with E-state index in [2.05, 4.69) is 16.5 Å². The Morgan fingerprint density at radius 2 is 2.11 bits per heavy atom. The third-order valence-corrected chi connectivity index (χ3v) is 3.26. The van der Waals surface area contributed by atoms with Crippen LogP contribution in [-0.4, -0.2) is 25.2 Å². The first-order valence-electron chi connectivity index (χ1n) is 6.39. The molecule has 0 unspecified atom stereocenters. The van der Waals surface area contributed by atoms with Gasteiger partial charge in [-0.2, -0.15) is 5.26 Å². The second-order valence-corrected chi connectivity index (χ2v) is 4.52. The number of ether oxygens (including phenoxy) is 1. The van der Waals surface area contributed by atoms with Crippen LogP contribution in [0.1, 0.15) is 30.4 Å². The lowest BCUT2D eigenvalue weighted by Gasteiger charge is -2.27. The van der Waals surface area contributed by atoms with Crippen LogP contribution in [0.4, 0.5) is 0 Å². The molecule has 0 aliphatic carbocycles. The van der Waals surface area contributed by atoms with Crippen LogP contribution in [0.5, 0.6) is 5.75 Å². The second-order valence-electron chi connectivity index (χ2n) is 4.52. The van der Waals surface area contributed by atoms with Gasteiger partial charge in [0.05, 0.1) is 18.7 Å². The highest BCUT2D eigenvalue weighted by Gasteiger charge is 2.11. The minimum absolute atomic E-state index is 0.672. The molecule has 1 heterocycles. The van der Waals surface area contributed by atoms with Gasteiger partial charge in [0.15, 0.2) is 0 Å². The summed E-state index contributed by atoms with van der Waals surface area (Å²) in [6, 6.07) is 7.68. The summed E-state index contributed by atoms with van der Waals surface area (Å²) in [5.41, 5.74) is 5.11. The van der Waals surface area contributed by atoms with Gasteiger partial charge in [-0.15, -0.1) is 0 Å². The summed E-state index contributed by atoms with van der Waals surface area (Å²) in [6.45, 7) is 2.90. The molecule has 4 nitrogen and oxygen atoms in total. The summed E-state index contributed by atoms with van der Waals surface area (Å²) in [5.74, 6) is 0.832. The van der Waals surface area contributed by atoms with E-state index in [-0.39, 0.29) is 0 Å². The van der Waals surface area contributed by atoms with E-state index in [1.165, 1.54) is 19.3 Å². The number of nitrogens with one attached hydrogen (secondary N) is 1. The van der Waals surface area contributed by atoms with Gasteiger partial charge in [0.25, 0.3) is 0 Å². The fraction of sp³-hybridized carbons (Fsp3) is 0.500. The van der Waals surface area contributed by atoms with Crippen LogP contribution in [-0.2, 0) is 6.54 Å². The normalized spacial score (nSPS) is 16.2. The van der Waals surface area contributed by atoms with E-state index < -0.39 is 0 Å². The van der Waals surface area contributed by atoms with Crippen LogP contribution in [0.25, 0.3) is 0 Å². The van der Waals surface area contributed by atoms with Crippen molar-refractivity contribution in [3.8, 4) is 11.8 Å². The molecular formula is C14H19N3O. The summed E-state index contributed by atoms with van der Waals surface area (Å²) >= 11 is 0. The van der Waals surface area contributed by atoms with Crippen LogP contribution in [0.15, 0.2) is 18.2 Å². The topological polar surface area (TPSA) is 48.3 Å². The molecule has 0 atom stereocenters. The first kappa shape index (κ1) is 12.9. The van der Waals surface area contributed by atoms with Gasteiger partial charge in [0.1, 0.15) is 5.75 Å². The predicted octanol–water partition coefficient (Wildman–Crippen LogP) is 2.06. The van der Waals surface area contributed by atoms with Gasteiger partial charge in [-0.05, 0) is 31.0 Å². The molecule has 4 heteroatoms. The number of nitriles is 1. The monoisotopic (exact) mass is 245 g/mol. The van der Waals surface area contributed by atoms with Gasteiger partial charge < -0.3 is 4.74 Å². The molecule has 1 aromatic carbocycles. The fourth-order valence-electron chi connectivity index (χ4n) is 2.24. The molecule has 2 rings (SSSR count). The highest BCUT2D eigenvalue weighted by molar-refractivity contribution is 5.41. The smallest absolute Gasteiger partial charge is 0.123 e. The van der Waals surface area contributed by atoms with Crippen molar-refractivity contribution in [2.45, 2.75) is 25.8 Å². The lowest BCUT2D eigenvalue weighted by Crippen LogP contribution is -2.41. The second kappa shape index (κ2) is 6.39. The lowest BCUT2D eigenvalue weighted by atomic mass is 10.1. The highest BCUT2D eigenvalue weighted by Crippen LogP contribution is 2.19. The number of nitrogens with zero attached hydrogens (tertiary/aromatic N) is 2. The van der Waals surface area contributed by atoms with Crippen molar-refractivity contribution in [1.29, 1.82) is 5.26 Å². The molecule has 1 fully saturated rings. The number of rotatable bonds is 4. The Labute approximate surface area is 108 Å². The van der Waals surface area contributed by atoms with Crippen LogP contribution in [0.3, 0.4) is 0 Å². The number of benzene rings is 1. The van der Waals surface area contributed by atoms with Gasteiger partial charge in [-0.3, -0.25) is 5.43 Å². The number of methoxy groups -OCH3 is 1. The first-order valence-corrected chi connectivity index (χ1v) is 6.39. The molecule has 0 bridgehead atoms. The molecular weight excluding hydrogens is 226 g/mol. The summed E-state index contributed by atoms with van der Waals surface area (Å²) in [6.07, 6.45) is 3.83. The van der Waals surface area contributed by atoms with E-state index >= 15 is 0 Å². The number of piperidine rings is 1. The predicted molar refractivity (Wildman–Crippen MR) is 70.0 cm³/mol. The SMILES string of the molecule is COc1ccc(C#N)cc1CNN1CCCCC1. The van der Waals surface area contributed by atoms with Crippen LogP contribution in [0, 0.1) is 11.3 Å². The Bertz CT molecular complexity index is 433. The summed E-state index contributed by atoms with van der Waals surface area (Å²) in [5, 5.41) is 11.2. The van der Waals surface area contributed by atoms with Crippen molar-refractivity contribution in [3.05, 3.63) is 29.3 Å². The van der Waals surface area contributed by atoms with Crippen molar-refractivity contribution in [1.82, 2.24) is 10.4 Å². The average Bonchev–Trinajstić information content (AvgIpc) is 2.45. The highest BCUT2D eigenvalue weighted by atomic mass is 16.5. The van der Waals surface area contributed by atoms with Crippen molar-refractivity contribution in [3.63, 3.8) is 0 Å². The van der Waals surface area contributed by atoms with E-state index in [4.69, 9.17) is 10.00 Å². The first-order chi connectivity index (χ1) is 8.83. The number of hydrazine groups is 1. The van der Waals surface area contributed by atoms with Crippen molar-refractivity contribution >= 4 is 0 Å². The maximum Gasteiger partial charge on any atom is 0.123 e. The molecule has 1 aliphatic heterocycles. The summed E-state index contributed by atoms with van der Waals surface area (Å²) in [7, 11) is 1.66. The Morgan fingerprint density at radius 3 is 2.78 bits per heavy atom. The minimum Gasteiger partial charge on any atom is -0.496 e. The Hall–Kier alpha value is -1.57. The van der Waals surface area contributed by atoms with Crippen LogP contribution >= 0.6 is 0 Å². The zero-order valence-electron chi connectivity index (χ0n) is 10.8. The molecule has 96 valence electrons. The van der Waals surface area contributed by atoms with Gasteiger partial charge in [-0.1, -0.05) is 6.42 Å². The molecule has 18 heavy (non-hydrogen) atoms. The van der Waals surface area contributed by atoms with E-state index in [1.54, 1.807) is 13.2 Å². The van der Waals surface area contributed by atoms with Gasteiger partial charge in [0.2, 0.25) is 0 Å². The molecule has 0 aromatic heterocycles. The molecule has 1 aromatic rings. The minimum atomic E-state index is 0.672. The van der Waals surface area contributed by atoms with Gasteiger partial charge >= 0.3 is 0 Å². The van der Waals surface area contributed by atoms with Gasteiger partial charge in [0, 0.05) is 25.2 Å². The molecule has 0 radical (unpaired) electrons. The number of hydrogen-bond acceptors (Lipinski definition) is 4. The Balaban J connectivity index is 2.00. The zero-order valence-corrected chi connectivity index (χ0v) is 10.8. The van der Waals surface area contributed by atoms with Crippen LogP contribution in [0.2, 0.25) is 0 Å². The molecule has 0 saturated carbocycles. The molecule has 1 aliphatic rings. The molecule has 0 amide bonds. The maximum absolute atomic E-state index is 8.92. The summed E-state index contributed by atoms with van der Waals surface area (Å²) in [4.78, 5) is 0. The Kier molecular flexibility index (Phi) is 4.57. The third-order valence-electron chi connectivity index (χ3n) is 3.26. The molecule has 1 N–H and O–H groups in total. The lowest BCUT2D eigenvalue weighted by molar-refractivity contribution is 0.150. The summed E-state index contributed by atoms with van der Waals surface area (Å²) < 4.78 is 5.32. The largest absolute Gasteiger partial charge is 0.496 e. The van der Waals surface area contributed by atoms with E-state index in [0.29, 0.717) is 12.1 Å². The van der Waals surface area contributed by atoms with Crippen molar-refractivity contribution in [2.24, 2.45) is 0 Å². The third kappa shape index (κ3) is 3.22. The number of hydrogen-bond donors (Lipinski definition) is 1. The van der Waals surface area contributed by atoms with Crippen LogP contribution < -0.4 is 10.2 Å². The van der Waals surface area contributed by atoms with Gasteiger partial charge in [-0.25, -0.2) is 5.01 Å². The van der Waals surface area contributed by atoms with Crippen molar-refractivity contribution < 1.29 is 4.74 Å². The average molecular weight is 245 g/mol.